The first-order chi connectivity index (χ1) is 15.1. The van der Waals surface area contributed by atoms with E-state index >= 15 is 0 Å². The minimum absolute atomic E-state index is 0.123. The number of amides is 1. The van der Waals surface area contributed by atoms with Crippen LogP contribution in [0.4, 0.5) is 11.4 Å². The van der Waals surface area contributed by atoms with Gasteiger partial charge in [0.05, 0.1) is 7.11 Å². The molecule has 1 aliphatic rings. The van der Waals surface area contributed by atoms with Crippen LogP contribution in [0.1, 0.15) is 41.0 Å². The zero-order valence-corrected chi connectivity index (χ0v) is 18.8. The summed E-state index contributed by atoms with van der Waals surface area (Å²) in [6.07, 6.45) is 2.26. The molecular weight excluding hydrogens is 406 g/mol. The van der Waals surface area contributed by atoms with E-state index in [0.717, 1.165) is 37.4 Å². The van der Waals surface area contributed by atoms with Crippen LogP contribution in [0.2, 0.25) is 0 Å². The Morgan fingerprint density at radius 1 is 1.06 bits per heavy atom. The van der Waals surface area contributed by atoms with Gasteiger partial charge in [-0.25, -0.2) is 0 Å². The second kappa shape index (κ2) is 9.98. The number of piperidine rings is 1. The Hall–Kier alpha value is -2.83. The number of carbonyl (C=O) groups excluding carboxylic acids is 1. The molecule has 0 aliphatic carbocycles. The molecule has 162 valence electrons. The van der Waals surface area contributed by atoms with E-state index in [4.69, 9.17) is 4.74 Å². The fraction of sp³-hybridized carbons (Fsp3) is 0.320. The largest absolute Gasteiger partial charge is 0.497 e. The molecule has 0 bridgehead atoms. The molecule has 31 heavy (non-hydrogen) atoms. The van der Waals surface area contributed by atoms with Gasteiger partial charge in [-0.1, -0.05) is 6.07 Å². The SMILES string of the molecule is COc1ccc(C(=O)Nc2ccc(N3CCC(NC(C)c4cccs4)CC3)cc2)cc1. The van der Waals surface area contributed by atoms with Gasteiger partial charge in [-0.2, -0.15) is 0 Å². The molecule has 4 rings (SSSR count). The van der Waals surface area contributed by atoms with Crippen molar-refractivity contribution in [2.45, 2.75) is 31.8 Å². The van der Waals surface area contributed by atoms with E-state index < -0.39 is 0 Å². The van der Waals surface area contributed by atoms with Crippen molar-refractivity contribution in [3.63, 3.8) is 0 Å². The standard InChI is InChI=1S/C25H29N3O2S/c1-18(24-4-3-17-31-24)26-21-13-15-28(16-14-21)22-9-7-20(8-10-22)27-25(29)19-5-11-23(30-2)12-6-19/h3-12,17-18,21,26H,13-16H2,1-2H3,(H,27,29). The number of methoxy groups -OCH3 is 1. The second-order valence-corrected chi connectivity index (χ2v) is 8.87. The van der Waals surface area contributed by atoms with E-state index in [1.165, 1.54) is 10.6 Å². The van der Waals surface area contributed by atoms with Crippen molar-refractivity contribution in [1.82, 2.24) is 5.32 Å². The van der Waals surface area contributed by atoms with Crippen molar-refractivity contribution in [1.29, 1.82) is 0 Å². The number of carbonyl (C=O) groups is 1. The number of nitrogens with one attached hydrogen (secondary N) is 2. The predicted octanol–water partition coefficient (Wildman–Crippen LogP) is 5.33. The quantitative estimate of drug-likeness (QED) is 0.527. The van der Waals surface area contributed by atoms with Gasteiger partial charge >= 0.3 is 0 Å². The maximum atomic E-state index is 12.4. The van der Waals surface area contributed by atoms with Gasteiger partial charge in [0, 0.05) is 47.0 Å². The van der Waals surface area contributed by atoms with Crippen molar-refractivity contribution < 1.29 is 9.53 Å². The average molecular weight is 436 g/mol. The smallest absolute Gasteiger partial charge is 0.255 e. The maximum Gasteiger partial charge on any atom is 0.255 e. The summed E-state index contributed by atoms with van der Waals surface area (Å²) in [5.41, 5.74) is 2.61. The van der Waals surface area contributed by atoms with E-state index in [2.05, 4.69) is 52.1 Å². The average Bonchev–Trinajstić information content (AvgIpc) is 3.35. The van der Waals surface area contributed by atoms with E-state index in [9.17, 15) is 4.79 Å². The van der Waals surface area contributed by atoms with Gasteiger partial charge in [0.25, 0.3) is 5.91 Å². The first-order valence-electron chi connectivity index (χ1n) is 10.7. The highest BCUT2D eigenvalue weighted by Crippen LogP contribution is 2.25. The Bertz CT molecular complexity index is 963. The zero-order valence-electron chi connectivity index (χ0n) is 18.0. The highest BCUT2D eigenvalue weighted by molar-refractivity contribution is 7.10. The molecule has 0 saturated carbocycles. The Morgan fingerprint density at radius 2 is 1.77 bits per heavy atom. The highest BCUT2D eigenvalue weighted by Gasteiger charge is 2.21. The van der Waals surface area contributed by atoms with E-state index in [1.54, 1.807) is 31.4 Å². The Balaban J connectivity index is 1.28. The first kappa shape index (κ1) is 21.4. The summed E-state index contributed by atoms with van der Waals surface area (Å²) in [5.74, 6) is 0.614. The number of nitrogens with zero attached hydrogens (tertiary/aromatic N) is 1. The van der Waals surface area contributed by atoms with Crippen molar-refractivity contribution >= 4 is 28.6 Å². The maximum absolute atomic E-state index is 12.4. The molecule has 5 nitrogen and oxygen atoms in total. The number of thiophene rings is 1. The van der Waals surface area contributed by atoms with Crippen LogP contribution in [-0.4, -0.2) is 32.1 Å². The fourth-order valence-electron chi connectivity index (χ4n) is 3.98. The molecule has 6 heteroatoms. The van der Waals surface area contributed by atoms with Gasteiger partial charge in [-0.3, -0.25) is 4.79 Å². The number of hydrogen-bond acceptors (Lipinski definition) is 5. The van der Waals surface area contributed by atoms with Gasteiger partial charge < -0.3 is 20.3 Å². The summed E-state index contributed by atoms with van der Waals surface area (Å²) < 4.78 is 5.14. The van der Waals surface area contributed by atoms with Gasteiger partial charge in [-0.15, -0.1) is 11.3 Å². The van der Waals surface area contributed by atoms with Crippen molar-refractivity contribution in [3.8, 4) is 5.75 Å². The number of rotatable bonds is 7. The third kappa shape index (κ3) is 5.46. The van der Waals surface area contributed by atoms with Crippen molar-refractivity contribution in [3.05, 3.63) is 76.5 Å². The molecule has 1 aromatic heterocycles. The topological polar surface area (TPSA) is 53.6 Å². The molecule has 2 aromatic carbocycles. The van der Waals surface area contributed by atoms with Crippen LogP contribution in [0.5, 0.6) is 5.75 Å². The van der Waals surface area contributed by atoms with Crippen LogP contribution in [0.15, 0.2) is 66.0 Å². The van der Waals surface area contributed by atoms with Gasteiger partial charge in [0.1, 0.15) is 5.75 Å². The monoisotopic (exact) mass is 435 g/mol. The number of hydrogen-bond donors (Lipinski definition) is 2. The molecule has 1 fully saturated rings. The minimum atomic E-state index is -0.123. The summed E-state index contributed by atoms with van der Waals surface area (Å²) in [6, 6.07) is 20.5. The molecule has 1 saturated heterocycles. The Morgan fingerprint density at radius 3 is 2.39 bits per heavy atom. The normalized spacial score (nSPS) is 15.5. The van der Waals surface area contributed by atoms with E-state index in [-0.39, 0.29) is 5.91 Å². The first-order valence-corrected chi connectivity index (χ1v) is 11.6. The van der Waals surface area contributed by atoms with E-state index in [1.807, 2.05) is 23.5 Å². The zero-order chi connectivity index (χ0) is 21.6. The molecule has 0 radical (unpaired) electrons. The summed E-state index contributed by atoms with van der Waals surface area (Å²) in [7, 11) is 1.61. The van der Waals surface area contributed by atoms with Crippen LogP contribution in [0, 0.1) is 0 Å². The molecule has 1 atom stereocenters. The van der Waals surface area contributed by atoms with Gasteiger partial charge in [0.2, 0.25) is 0 Å². The summed E-state index contributed by atoms with van der Waals surface area (Å²) >= 11 is 1.81. The van der Waals surface area contributed by atoms with Crippen molar-refractivity contribution in [2.75, 3.05) is 30.4 Å². The Labute approximate surface area is 188 Å². The van der Waals surface area contributed by atoms with Crippen LogP contribution >= 0.6 is 11.3 Å². The summed E-state index contributed by atoms with van der Waals surface area (Å²) in [6.45, 7) is 4.32. The summed E-state index contributed by atoms with van der Waals surface area (Å²) in [4.78, 5) is 16.3. The van der Waals surface area contributed by atoms with Crippen LogP contribution in [0.25, 0.3) is 0 Å². The number of anilines is 2. The second-order valence-electron chi connectivity index (χ2n) is 7.89. The Kier molecular flexibility index (Phi) is 6.89. The lowest BCUT2D eigenvalue weighted by Crippen LogP contribution is -2.43. The van der Waals surface area contributed by atoms with Gasteiger partial charge in [0.15, 0.2) is 0 Å². The van der Waals surface area contributed by atoms with Crippen LogP contribution in [-0.2, 0) is 0 Å². The van der Waals surface area contributed by atoms with Crippen LogP contribution < -0.4 is 20.3 Å². The number of ether oxygens (including phenoxy) is 1. The molecule has 1 aliphatic heterocycles. The molecule has 3 aromatic rings. The lowest BCUT2D eigenvalue weighted by Gasteiger charge is -2.35. The molecule has 2 N–H and O–H groups in total. The van der Waals surface area contributed by atoms with Crippen molar-refractivity contribution in [2.24, 2.45) is 0 Å². The third-order valence-electron chi connectivity index (χ3n) is 5.79. The lowest BCUT2D eigenvalue weighted by molar-refractivity contribution is 0.102. The van der Waals surface area contributed by atoms with Crippen LogP contribution in [0.3, 0.4) is 0 Å². The third-order valence-corrected chi connectivity index (χ3v) is 6.85. The fourth-order valence-corrected chi connectivity index (χ4v) is 4.72. The van der Waals surface area contributed by atoms with E-state index in [0.29, 0.717) is 17.6 Å². The number of benzene rings is 2. The van der Waals surface area contributed by atoms with Gasteiger partial charge in [-0.05, 0) is 79.7 Å². The molecule has 0 spiro atoms. The highest BCUT2D eigenvalue weighted by atomic mass is 32.1. The lowest BCUT2D eigenvalue weighted by atomic mass is 10.0. The molecule has 1 unspecified atom stereocenters. The predicted molar refractivity (Wildman–Crippen MR) is 128 cm³/mol. The summed E-state index contributed by atoms with van der Waals surface area (Å²) in [5, 5.41) is 8.87. The molecular formula is C25H29N3O2S. The molecule has 1 amide bonds. The molecule has 2 heterocycles. The minimum Gasteiger partial charge on any atom is -0.497 e.